The van der Waals surface area contributed by atoms with Crippen molar-refractivity contribution >= 4 is 0 Å². The quantitative estimate of drug-likeness (QED) is 0.909. The van der Waals surface area contributed by atoms with Gasteiger partial charge < -0.3 is 10.5 Å². The number of hydrogen-bond donors (Lipinski definition) is 1. The van der Waals surface area contributed by atoms with Gasteiger partial charge >= 0.3 is 0 Å². The lowest BCUT2D eigenvalue weighted by Gasteiger charge is -2.39. The standard InChI is InChI=1S/C16H25N3O/c1-2-19-9-10-20-14(11-19)15(17)13-7-3-5-12-6-4-8-18-16(12)13/h4,6,8,13-15H,2-3,5,7,9-11,17H2,1H3. The van der Waals surface area contributed by atoms with Gasteiger partial charge in [0, 0.05) is 36.9 Å². The first kappa shape index (κ1) is 14.0. The highest BCUT2D eigenvalue weighted by Crippen LogP contribution is 2.33. The molecule has 0 radical (unpaired) electrons. The van der Waals surface area contributed by atoms with Crippen LogP contribution in [-0.4, -0.2) is 48.3 Å². The molecule has 0 aromatic carbocycles. The van der Waals surface area contributed by atoms with Gasteiger partial charge in [0.1, 0.15) is 0 Å². The number of pyridine rings is 1. The molecule has 1 aliphatic heterocycles. The van der Waals surface area contributed by atoms with Crippen molar-refractivity contribution in [1.29, 1.82) is 0 Å². The third kappa shape index (κ3) is 2.73. The van der Waals surface area contributed by atoms with Crippen molar-refractivity contribution in [3.8, 4) is 0 Å². The summed E-state index contributed by atoms with van der Waals surface area (Å²) in [6.07, 6.45) is 5.52. The molecule has 4 nitrogen and oxygen atoms in total. The third-order valence-corrected chi connectivity index (χ3v) is 4.76. The molecule has 2 aliphatic rings. The van der Waals surface area contributed by atoms with Gasteiger partial charge in [-0.1, -0.05) is 13.0 Å². The predicted octanol–water partition coefficient (Wildman–Crippen LogP) is 1.55. The average molecular weight is 275 g/mol. The van der Waals surface area contributed by atoms with Crippen LogP contribution in [0.15, 0.2) is 18.3 Å². The lowest BCUT2D eigenvalue weighted by molar-refractivity contribution is -0.0437. The Hall–Kier alpha value is -0.970. The molecular formula is C16H25N3O. The van der Waals surface area contributed by atoms with Crippen LogP contribution in [0.2, 0.25) is 0 Å². The van der Waals surface area contributed by atoms with Gasteiger partial charge in [0.25, 0.3) is 0 Å². The van der Waals surface area contributed by atoms with Gasteiger partial charge in [-0.15, -0.1) is 0 Å². The topological polar surface area (TPSA) is 51.4 Å². The van der Waals surface area contributed by atoms with Crippen molar-refractivity contribution < 1.29 is 4.74 Å². The number of nitrogens with zero attached hydrogens (tertiary/aromatic N) is 2. The highest BCUT2D eigenvalue weighted by atomic mass is 16.5. The minimum Gasteiger partial charge on any atom is -0.374 e. The number of nitrogens with two attached hydrogens (primary N) is 1. The van der Waals surface area contributed by atoms with E-state index in [4.69, 9.17) is 10.5 Å². The zero-order valence-corrected chi connectivity index (χ0v) is 12.3. The molecule has 0 amide bonds. The summed E-state index contributed by atoms with van der Waals surface area (Å²) in [4.78, 5) is 7.03. The molecular weight excluding hydrogens is 250 g/mol. The number of aryl methyl sites for hydroxylation is 1. The highest BCUT2D eigenvalue weighted by Gasteiger charge is 2.34. The predicted molar refractivity (Wildman–Crippen MR) is 79.7 cm³/mol. The average Bonchev–Trinajstić information content (AvgIpc) is 2.53. The lowest BCUT2D eigenvalue weighted by atomic mass is 9.80. The van der Waals surface area contributed by atoms with E-state index >= 15 is 0 Å². The molecule has 3 atom stereocenters. The van der Waals surface area contributed by atoms with Crippen LogP contribution in [-0.2, 0) is 11.2 Å². The van der Waals surface area contributed by atoms with Crippen LogP contribution in [0.4, 0.5) is 0 Å². The molecule has 0 bridgehead atoms. The molecule has 2 N–H and O–H groups in total. The monoisotopic (exact) mass is 275 g/mol. The van der Waals surface area contributed by atoms with Gasteiger partial charge in [-0.25, -0.2) is 0 Å². The van der Waals surface area contributed by atoms with E-state index in [-0.39, 0.29) is 12.1 Å². The molecule has 1 aromatic rings. The summed E-state index contributed by atoms with van der Waals surface area (Å²) >= 11 is 0. The summed E-state index contributed by atoms with van der Waals surface area (Å²) in [7, 11) is 0. The van der Waals surface area contributed by atoms with Gasteiger partial charge in [0.2, 0.25) is 0 Å². The van der Waals surface area contributed by atoms with E-state index in [1.54, 1.807) is 0 Å². The van der Waals surface area contributed by atoms with E-state index in [1.807, 2.05) is 12.3 Å². The fourth-order valence-corrected chi connectivity index (χ4v) is 3.53. The number of fused-ring (bicyclic) bond motifs is 1. The Balaban J connectivity index is 1.76. The Morgan fingerprint density at radius 3 is 3.30 bits per heavy atom. The van der Waals surface area contributed by atoms with Crippen LogP contribution in [0.3, 0.4) is 0 Å². The van der Waals surface area contributed by atoms with Gasteiger partial charge in [-0.05, 0) is 37.4 Å². The van der Waals surface area contributed by atoms with Crippen molar-refractivity contribution in [2.24, 2.45) is 5.73 Å². The first-order valence-electron chi connectivity index (χ1n) is 7.83. The van der Waals surface area contributed by atoms with Crippen LogP contribution in [0, 0.1) is 0 Å². The minimum atomic E-state index is 0.0540. The number of rotatable bonds is 3. The maximum Gasteiger partial charge on any atom is 0.0859 e. The number of likely N-dealkylation sites (N-methyl/N-ethyl adjacent to an activating group) is 1. The first-order chi connectivity index (χ1) is 9.79. The summed E-state index contributed by atoms with van der Waals surface area (Å²) in [5, 5.41) is 0. The summed E-state index contributed by atoms with van der Waals surface area (Å²) in [6.45, 7) is 6.06. The maximum absolute atomic E-state index is 6.56. The van der Waals surface area contributed by atoms with Gasteiger partial charge in [0.05, 0.1) is 12.7 Å². The molecule has 1 saturated heterocycles. The largest absolute Gasteiger partial charge is 0.374 e. The van der Waals surface area contributed by atoms with E-state index in [0.717, 1.165) is 39.1 Å². The molecule has 0 spiro atoms. The molecule has 2 heterocycles. The Morgan fingerprint density at radius 2 is 2.45 bits per heavy atom. The maximum atomic E-state index is 6.56. The molecule has 1 fully saturated rings. The smallest absolute Gasteiger partial charge is 0.0859 e. The molecule has 3 unspecified atom stereocenters. The van der Waals surface area contributed by atoms with E-state index in [9.17, 15) is 0 Å². The van der Waals surface area contributed by atoms with Crippen molar-refractivity contribution in [1.82, 2.24) is 9.88 Å². The van der Waals surface area contributed by atoms with Crippen molar-refractivity contribution in [2.45, 2.75) is 44.2 Å². The van der Waals surface area contributed by atoms with E-state index < -0.39 is 0 Å². The molecule has 0 saturated carbocycles. The second-order valence-corrected chi connectivity index (χ2v) is 5.93. The summed E-state index contributed by atoms with van der Waals surface area (Å²) in [5.41, 5.74) is 9.15. The molecule has 110 valence electrons. The summed E-state index contributed by atoms with van der Waals surface area (Å²) < 4.78 is 5.95. The third-order valence-electron chi connectivity index (χ3n) is 4.76. The van der Waals surface area contributed by atoms with Gasteiger partial charge in [0.15, 0.2) is 0 Å². The zero-order valence-electron chi connectivity index (χ0n) is 12.3. The number of ether oxygens (including phenoxy) is 1. The first-order valence-corrected chi connectivity index (χ1v) is 7.83. The summed E-state index contributed by atoms with van der Waals surface area (Å²) in [5.74, 6) is 0.349. The van der Waals surface area contributed by atoms with Crippen LogP contribution in [0.5, 0.6) is 0 Å². The van der Waals surface area contributed by atoms with Crippen LogP contribution >= 0.6 is 0 Å². The van der Waals surface area contributed by atoms with Crippen LogP contribution < -0.4 is 5.73 Å². The van der Waals surface area contributed by atoms with Crippen molar-refractivity contribution in [3.63, 3.8) is 0 Å². The molecule has 3 rings (SSSR count). The number of aromatic nitrogens is 1. The van der Waals surface area contributed by atoms with Crippen LogP contribution in [0.1, 0.15) is 36.9 Å². The minimum absolute atomic E-state index is 0.0540. The number of morpholine rings is 1. The normalized spacial score (nSPS) is 28.9. The second kappa shape index (κ2) is 6.20. The van der Waals surface area contributed by atoms with E-state index in [1.165, 1.54) is 17.7 Å². The van der Waals surface area contributed by atoms with Gasteiger partial charge in [-0.2, -0.15) is 0 Å². The molecule has 4 heteroatoms. The fraction of sp³-hybridized carbons (Fsp3) is 0.688. The Labute approximate surface area is 121 Å². The second-order valence-electron chi connectivity index (χ2n) is 5.93. The Kier molecular flexibility index (Phi) is 4.34. The van der Waals surface area contributed by atoms with Crippen molar-refractivity contribution in [3.05, 3.63) is 29.6 Å². The lowest BCUT2D eigenvalue weighted by Crippen LogP contribution is -2.53. The zero-order chi connectivity index (χ0) is 13.9. The van der Waals surface area contributed by atoms with E-state index in [0.29, 0.717) is 5.92 Å². The summed E-state index contributed by atoms with van der Waals surface area (Å²) in [6, 6.07) is 4.28. The Bertz CT molecular complexity index is 451. The Morgan fingerprint density at radius 1 is 1.55 bits per heavy atom. The molecule has 1 aliphatic carbocycles. The van der Waals surface area contributed by atoms with Crippen LogP contribution in [0.25, 0.3) is 0 Å². The number of hydrogen-bond acceptors (Lipinski definition) is 4. The van der Waals surface area contributed by atoms with E-state index in [2.05, 4.69) is 22.9 Å². The molecule has 1 aromatic heterocycles. The van der Waals surface area contributed by atoms with Crippen molar-refractivity contribution in [2.75, 3.05) is 26.2 Å². The SMILES string of the molecule is CCN1CCOC(C(N)C2CCCc3cccnc32)C1. The highest BCUT2D eigenvalue weighted by molar-refractivity contribution is 5.27. The van der Waals surface area contributed by atoms with Gasteiger partial charge in [-0.3, -0.25) is 9.88 Å². The molecule has 20 heavy (non-hydrogen) atoms. The fourth-order valence-electron chi connectivity index (χ4n) is 3.53.